The van der Waals surface area contributed by atoms with Gasteiger partial charge in [-0.2, -0.15) is 0 Å². The molecule has 1 atom stereocenters. The zero-order chi connectivity index (χ0) is 14.4. The molecule has 2 aromatic rings. The molecule has 1 heterocycles. The molecule has 0 fully saturated rings. The van der Waals surface area contributed by atoms with Gasteiger partial charge in [0.2, 0.25) is 0 Å². The van der Waals surface area contributed by atoms with Gasteiger partial charge in [0.05, 0.1) is 19.3 Å². The van der Waals surface area contributed by atoms with Gasteiger partial charge >= 0.3 is 0 Å². The number of methoxy groups -OCH3 is 1. The van der Waals surface area contributed by atoms with Gasteiger partial charge in [-0.15, -0.1) is 0 Å². The summed E-state index contributed by atoms with van der Waals surface area (Å²) in [5.41, 5.74) is 2.33. The standard InChI is InChI=1S/C16H19BrN2O/c1-3-8-19-16(12-4-6-14(17)7-5-12)13-9-15(20-2)11-18-10-13/h4-7,9-11,16,19H,3,8H2,1-2H3. The first-order chi connectivity index (χ1) is 9.74. The number of hydrogen-bond donors (Lipinski definition) is 1. The summed E-state index contributed by atoms with van der Waals surface area (Å²) in [4.78, 5) is 4.25. The zero-order valence-electron chi connectivity index (χ0n) is 11.8. The average molecular weight is 335 g/mol. The van der Waals surface area contributed by atoms with E-state index in [0.717, 1.165) is 28.8 Å². The molecule has 106 valence electrons. The van der Waals surface area contributed by atoms with Crippen LogP contribution in [0.2, 0.25) is 0 Å². The molecule has 3 nitrogen and oxygen atoms in total. The van der Waals surface area contributed by atoms with E-state index in [1.54, 1.807) is 13.3 Å². The number of nitrogens with one attached hydrogen (secondary N) is 1. The molecule has 0 radical (unpaired) electrons. The van der Waals surface area contributed by atoms with Crippen molar-refractivity contribution < 1.29 is 4.74 Å². The summed E-state index contributed by atoms with van der Waals surface area (Å²) in [5, 5.41) is 3.56. The van der Waals surface area contributed by atoms with Gasteiger partial charge in [-0.25, -0.2) is 0 Å². The second kappa shape index (κ2) is 7.41. The van der Waals surface area contributed by atoms with E-state index in [9.17, 15) is 0 Å². The normalized spacial score (nSPS) is 12.2. The van der Waals surface area contributed by atoms with E-state index in [4.69, 9.17) is 4.74 Å². The van der Waals surface area contributed by atoms with Gasteiger partial charge in [0.15, 0.2) is 0 Å². The van der Waals surface area contributed by atoms with Gasteiger partial charge in [-0.05, 0) is 42.3 Å². The Hall–Kier alpha value is -1.39. The lowest BCUT2D eigenvalue weighted by molar-refractivity contribution is 0.411. The molecule has 0 aliphatic heterocycles. The smallest absolute Gasteiger partial charge is 0.137 e. The third-order valence-electron chi connectivity index (χ3n) is 3.11. The van der Waals surface area contributed by atoms with Crippen molar-refractivity contribution in [3.05, 3.63) is 58.3 Å². The van der Waals surface area contributed by atoms with Crippen LogP contribution in [0.15, 0.2) is 47.2 Å². The van der Waals surface area contributed by atoms with Crippen LogP contribution in [0, 0.1) is 0 Å². The minimum Gasteiger partial charge on any atom is -0.495 e. The zero-order valence-corrected chi connectivity index (χ0v) is 13.4. The van der Waals surface area contributed by atoms with E-state index in [1.165, 1.54) is 5.56 Å². The number of nitrogens with zero attached hydrogens (tertiary/aromatic N) is 1. The minimum absolute atomic E-state index is 0.130. The average Bonchev–Trinajstić information content (AvgIpc) is 2.49. The first-order valence-corrected chi connectivity index (χ1v) is 7.51. The molecular formula is C16H19BrN2O. The number of benzene rings is 1. The molecule has 1 aromatic carbocycles. The highest BCUT2D eigenvalue weighted by atomic mass is 79.9. The van der Waals surface area contributed by atoms with Crippen LogP contribution in [0.25, 0.3) is 0 Å². The monoisotopic (exact) mass is 334 g/mol. The highest BCUT2D eigenvalue weighted by Crippen LogP contribution is 2.25. The fourth-order valence-corrected chi connectivity index (χ4v) is 2.34. The van der Waals surface area contributed by atoms with E-state index in [2.05, 4.69) is 57.4 Å². The Balaban J connectivity index is 2.32. The van der Waals surface area contributed by atoms with Crippen molar-refractivity contribution in [3.63, 3.8) is 0 Å². The highest BCUT2D eigenvalue weighted by molar-refractivity contribution is 9.10. The summed E-state index contributed by atoms with van der Waals surface area (Å²) in [6.07, 6.45) is 4.70. The molecule has 4 heteroatoms. The molecule has 0 spiro atoms. The second-order valence-electron chi connectivity index (χ2n) is 4.60. The van der Waals surface area contributed by atoms with Crippen molar-refractivity contribution in [2.75, 3.05) is 13.7 Å². The van der Waals surface area contributed by atoms with E-state index < -0.39 is 0 Å². The minimum atomic E-state index is 0.130. The lowest BCUT2D eigenvalue weighted by atomic mass is 10.00. The molecule has 0 aliphatic rings. The van der Waals surface area contributed by atoms with E-state index in [0.29, 0.717) is 0 Å². The Morgan fingerprint density at radius 1 is 1.20 bits per heavy atom. The first kappa shape index (κ1) is 15.0. The van der Waals surface area contributed by atoms with Crippen molar-refractivity contribution in [2.24, 2.45) is 0 Å². The van der Waals surface area contributed by atoms with Crippen LogP contribution < -0.4 is 10.1 Å². The third kappa shape index (κ3) is 3.81. The van der Waals surface area contributed by atoms with Gasteiger partial charge in [0.25, 0.3) is 0 Å². The molecule has 0 saturated carbocycles. The molecule has 20 heavy (non-hydrogen) atoms. The Labute approximate surface area is 128 Å². The molecule has 0 aliphatic carbocycles. The quantitative estimate of drug-likeness (QED) is 0.868. The summed E-state index contributed by atoms with van der Waals surface area (Å²) < 4.78 is 6.35. The lowest BCUT2D eigenvalue weighted by Gasteiger charge is -2.20. The number of hydrogen-bond acceptors (Lipinski definition) is 3. The second-order valence-corrected chi connectivity index (χ2v) is 5.51. The maximum atomic E-state index is 5.27. The van der Waals surface area contributed by atoms with Crippen LogP contribution in [0.5, 0.6) is 5.75 Å². The fraction of sp³-hybridized carbons (Fsp3) is 0.312. The Morgan fingerprint density at radius 3 is 2.60 bits per heavy atom. The van der Waals surface area contributed by atoms with Gasteiger partial charge in [-0.1, -0.05) is 35.0 Å². The van der Waals surface area contributed by atoms with Gasteiger partial charge in [0, 0.05) is 10.7 Å². The molecule has 1 N–H and O–H groups in total. The highest BCUT2D eigenvalue weighted by Gasteiger charge is 2.14. The molecule has 2 rings (SSSR count). The van der Waals surface area contributed by atoms with Crippen LogP contribution in [0.1, 0.15) is 30.5 Å². The molecule has 0 saturated heterocycles. The SMILES string of the molecule is CCCNC(c1ccc(Br)cc1)c1cncc(OC)c1. The Bertz CT molecular complexity index is 542. The largest absolute Gasteiger partial charge is 0.495 e. The first-order valence-electron chi connectivity index (χ1n) is 6.72. The van der Waals surface area contributed by atoms with Gasteiger partial charge < -0.3 is 10.1 Å². The van der Waals surface area contributed by atoms with Crippen LogP contribution in [-0.2, 0) is 0 Å². The van der Waals surface area contributed by atoms with Crippen molar-refractivity contribution >= 4 is 15.9 Å². The van der Waals surface area contributed by atoms with Crippen molar-refractivity contribution in [2.45, 2.75) is 19.4 Å². The summed E-state index contributed by atoms with van der Waals surface area (Å²) >= 11 is 3.47. The summed E-state index contributed by atoms with van der Waals surface area (Å²) in [6, 6.07) is 10.5. The lowest BCUT2D eigenvalue weighted by Crippen LogP contribution is -2.23. The molecule has 1 unspecified atom stereocenters. The van der Waals surface area contributed by atoms with Gasteiger partial charge in [-0.3, -0.25) is 4.98 Å². The van der Waals surface area contributed by atoms with Crippen LogP contribution in [-0.4, -0.2) is 18.6 Å². The van der Waals surface area contributed by atoms with E-state index in [1.807, 2.05) is 12.3 Å². The summed E-state index contributed by atoms with van der Waals surface area (Å²) in [5.74, 6) is 0.780. The molecular weight excluding hydrogens is 316 g/mol. The molecule has 0 bridgehead atoms. The number of ether oxygens (including phenoxy) is 1. The number of halogens is 1. The van der Waals surface area contributed by atoms with Crippen LogP contribution in [0.4, 0.5) is 0 Å². The van der Waals surface area contributed by atoms with Crippen molar-refractivity contribution in [3.8, 4) is 5.75 Å². The third-order valence-corrected chi connectivity index (χ3v) is 3.63. The maximum absolute atomic E-state index is 5.27. The number of pyridine rings is 1. The van der Waals surface area contributed by atoms with Crippen molar-refractivity contribution in [1.29, 1.82) is 0 Å². The number of rotatable bonds is 6. The van der Waals surface area contributed by atoms with E-state index in [-0.39, 0.29) is 6.04 Å². The topological polar surface area (TPSA) is 34.2 Å². The predicted octanol–water partition coefficient (Wildman–Crippen LogP) is 3.94. The summed E-state index contributed by atoms with van der Waals surface area (Å²) in [6.45, 7) is 3.12. The predicted molar refractivity (Wildman–Crippen MR) is 85.1 cm³/mol. The van der Waals surface area contributed by atoms with Gasteiger partial charge in [0.1, 0.15) is 5.75 Å². The fourth-order valence-electron chi connectivity index (χ4n) is 2.08. The molecule has 1 aromatic heterocycles. The van der Waals surface area contributed by atoms with Crippen LogP contribution >= 0.6 is 15.9 Å². The Morgan fingerprint density at radius 2 is 1.95 bits per heavy atom. The van der Waals surface area contributed by atoms with Crippen molar-refractivity contribution in [1.82, 2.24) is 10.3 Å². The molecule has 0 amide bonds. The van der Waals surface area contributed by atoms with Crippen LogP contribution in [0.3, 0.4) is 0 Å². The maximum Gasteiger partial charge on any atom is 0.137 e. The Kier molecular flexibility index (Phi) is 5.56. The number of aromatic nitrogens is 1. The summed E-state index contributed by atoms with van der Waals surface area (Å²) in [7, 11) is 1.66. The van der Waals surface area contributed by atoms with E-state index >= 15 is 0 Å².